The lowest BCUT2D eigenvalue weighted by Crippen LogP contribution is -2.04. The molecule has 3 rings (SSSR count). The van der Waals surface area contributed by atoms with Gasteiger partial charge >= 0.3 is 0 Å². The van der Waals surface area contributed by atoms with Crippen molar-refractivity contribution in [1.82, 2.24) is 9.55 Å². The van der Waals surface area contributed by atoms with Gasteiger partial charge in [-0.15, -0.1) is 0 Å². The zero-order chi connectivity index (χ0) is 14.3. The second-order valence-electron chi connectivity index (χ2n) is 5.61. The molecule has 0 spiro atoms. The van der Waals surface area contributed by atoms with Crippen LogP contribution in [0.2, 0.25) is 0 Å². The van der Waals surface area contributed by atoms with E-state index in [0.717, 1.165) is 11.3 Å². The molecule has 1 unspecified atom stereocenters. The molecule has 3 aromatic rings. The van der Waals surface area contributed by atoms with Crippen molar-refractivity contribution in [2.75, 3.05) is 0 Å². The molecule has 2 nitrogen and oxygen atoms in total. The normalized spacial score (nSPS) is 12.8. The van der Waals surface area contributed by atoms with Crippen LogP contribution in [0, 0.1) is 13.8 Å². The first-order valence-corrected chi connectivity index (χ1v) is 7.06. The highest BCUT2D eigenvalue weighted by Gasteiger charge is 2.17. The molecule has 0 saturated heterocycles. The SMILES string of the molecule is Cc1cc(C)c2nc(C(C)c3ccccc3)n(C)c2c1. The van der Waals surface area contributed by atoms with E-state index in [0.29, 0.717) is 5.92 Å². The molecule has 2 aromatic carbocycles. The highest BCUT2D eigenvalue weighted by molar-refractivity contribution is 5.80. The molecule has 1 heterocycles. The average molecular weight is 264 g/mol. The molecule has 1 atom stereocenters. The number of aromatic nitrogens is 2. The van der Waals surface area contributed by atoms with Crippen LogP contribution >= 0.6 is 0 Å². The van der Waals surface area contributed by atoms with Gasteiger partial charge in [-0.3, -0.25) is 0 Å². The molecule has 0 radical (unpaired) electrons. The van der Waals surface area contributed by atoms with Crippen LogP contribution in [0.15, 0.2) is 42.5 Å². The van der Waals surface area contributed by atoms with Crippen molar-refractivity contribution in [1.29, 1.82) is 0 Å². The summed E-state index contributed by atoms with van der Waals surface area (Å²) in [4.78, 5) is 4.89. The van der Waals surface area contributed by atoms with E-state index in [9.17, 15) is 0 Å². The summed E-state index contributed by atoms with van der Waals surface area (Å²) >= 11 is 0. The summed E-state index contributed by atoms with van der Waals surface area (Å²) in [6.45, 7) is 6.50. The minimum atomic E-state index is 0.299. The van der Waals surface area contributed by atoms with Gasteiger partial charge in [-0.1, -0.05) is 43.3 Å². The second-order valence-corrected chi connectivity index (χ2v) is 5.61. The molecule has 0 aliphatic carbocycles. The Labute approximate surface area is 120 Å². The van der Waals surface area contributed by atoms with Gasteiger partial charge < -0.3 is 4.57 Å². The third-order valence-corrected chi connectivity index (χ3v) is 4.04. The van der Waals surface area contributed by atoms with Crippen LogP contribution in [0.4, 0.5) is 0 Å². The summed E-state index contributed by atoms with van der Waals surface area (Å²) in [7, 11) is 2.11. The molecule has 0 aliphatic heterocycles. The summed E-state index contributed by atoms with van der Waals surface area (Å²) in [5.74, 6) is 1.42. The highest BCUT2D eigenvalue weighted by atomic mass is 15.1. The highest BCUT2D eigenvalue weighted by Crippen LogP contribution is 2.28. The molecule has 0 saturated carbocycles. The summed E-state index contributed by atoms with van der Waals surface area (Å²) < 4.78 is 2.23. The number of benzene rings is 2. The van der Waals surface area contributed by atoms with Crippen molar-refractivity contribution in [2.24, 2.45) is 7.05 Å². The van der Waals surface area contributed by atoms with E-state index < -0.39 is 0 Å². The lowest BCUT2D eigenvalue weighted by molar-refractivity contribution is 0.752. The van der Waals surface area contributed by atoms with Crippen LogP contribution in [0.5, 0.6) is 0 Å². The quantitative estimate of drug-likeness (QED) is 0.673. The molecule has 0 fully saturated rings. The largest absolute Gasteiger partial charge is 0.331 e. The molecule has 20 heavy (non-hydrogen) atoms. The van der Waals surface area contributed by atoms with Gasteiger partial charge in [0.2, 0.25) is 0 Å². The number of imidazole rings is 1. The Morgan fingerprint density at radius 2 is 1.75 bits per heavy atom. The Balaban J connectivity index is 2.18. The number of rotatable bonds is 2. The van der Waals surface area contributed by atoms with Crippen LogP contribution < -0.4 is 0 Å². The summed E-state index contributed by atoms with van der Waals surface area (Å²) in [6, 6.07) is 15.0. The minimum Gasteiger partial charge on any atom is -0.331 e. The summed E-state index contributed by atoms with van der Waals surface area (Å²) in [5, 5.41) is 0. The molecule has 102 valence electrons. The maximum absolute atomic E-state index is 4.89. The fourth-order valence-corrected chi connectivity index (χ4v) is 2.93. The molecule has 0 N–H and O–H groups in total. The van der Waals surface area contributed by atoms with Crippen LogP contribution in [-0.4, -0.2) is 9.55 Å². The molecule has 2 heteroatoms. The molecular formula is C18H20N2. The monoisotopic (exact) mass is 264 g/mol. The first-order valence-electron chi connectivity index (χ1n) is 7.06. The maximum atomic E-state index is 4.89. The van der Waals surface area contributed by atoms with Gasteiger partial charge in [-0.05, 0) is 36.6 Å². The number of nitrogens with zero attached hydrogens (tertiary/aromatic N) is 2. The van der Waals surface area contributed by atoms with Crippen LogP contribution in [0.1, 0.15) is 35.4 Å². The van der Waals surface area contributed by atoms with Crippen molar-refractivity contribution in [3.63, 3.8) is 0 Å². The molecular weight excluding hydrogens is 244 g/mol. The predicted molar refractivity (Wildman–Crippen MR) is 84.1 cm³/mol. The molecule has 1 aromatic heterocycles. The number of fused-ring (bicyclic) bond motifs is 1. The van der Waals surface area contributed by atoms with Crippen molar-refractivity contribution in [3.8, 4) is 0 Å². The van der Waals surface area contributed by atoms with Gasteiger partial charge in [0.1, 0.15) is 5.82 Å². The van der Waals surface area contributed by atoms with E-state index in [4.69, 9.17) is 4.98 Å². The first-order chi connectivity index (χ1) is 9.58. The van der Waals surface area contributed by atoms with Gasteiger partial charge in [0, 0.05) is 13.0 Å². The standard InChI is InChI=1S/C18H20N2/c1-12-10-13(2)17-16(11-12)20(4)18(19-17)14(3)15-8-6-5-7-9-15/h5-11,14H,1-4H3. The predicted octanol–water partition coefficient (Wildman–Crippen LogP) is 4.34. The smallest absolute Gasteiger partial charge is 0.116 e. The van der Waals surface area contributed by atoms with Crippen molar-refractivity contribution >= 4 is 11.0 Å². The molecule has 0 bridgehead atoms. The van der Waals surface area contributed by atoms with E-state index in [1.165, 1.54) is 22.2 Å². The zero-order valence-corrected chi connectivity index (χ0v) is 12.5. The Kier molecular flexibility index (Phi) is 3.09. The van der Waals surface area contributed by atoms with Crippen molar-refractivity contribution in [2.45, 2.75) is 26.7 Å². The third-order valence-electron chi connectivity index (χ3n) is 4.04. The first kappa shape index (κ1) is 12.9. The van der Waals surface area contributed by atoms with Gasteiger partial charge in [0.25, 0.3) is 0 Å². The van der Waals surface area contributed by atoms with Crippen molar-refractivity contribution < 1.29 is 0 Å². The zero-order valence-electron chi connectivity index (χ0n) is 12.5. The lowest BCUT2D eigenvalue weighted by Gasteiger charge is -2.11. The van der Waals surface area contributed by atoms with Gasteiger partial charge in [0.15, 0.2) is 0 Å². The average Bonchev–Trinajstić information content (AvgIpc) is 2.77. The molecule has 0 aliphatic rings. The van der Waals surface area contributed by atoms with E-state index in [-0.39, 0.29) is 0 Å². The summed E-state index contributed by atoms with van der Waals surface area (Å²) in [6.07, 6.45) is 0. The maximum Gasteiger partial charge on any atom is 0.116 e. The van der Waals surface area contributed by atoms with Gasteiger partial charge in [-0.2, -0.15) is 0 Å². The van der Waals surface area contributed by atoms with Gasteiger partial charge in [0.05, 0.1) is 11.0 Å². The Hall–Kier alpha value is -2.09. The minimum absolute atomic E-state index is 0.299. The van der Waals surface area contributed by atoms with Crippen LogP contribution in [0.25, 0.3) is 11.0 Å². The Morgan fingerprint density at radius 1 is 1.05 bits per heavy atom. The van der Waals surface area contributed by atoms with E-state index in [2.05, 4.69) is 74.9 Å². The Bertz CT molecular complexity index is 754. The fraction of sp³-hybridized carbons (Fsp3) is 0.278. The van der Waals surface area contributed by atoms with Crippen LogP contribution in [-0.2, 0) is 7.05 Å². The summed E-state index contributed by atoms with van der Waals surface area (Å²) in [5.41, 5.74) is 6.19. The molecule has 0 amide bonds. The van der Waals surface area contributed by atoms with E-state index >= 15 is 0 Å². The fourth-order valence-electron chi connectivity index (χ4n) is 2.93. The van der Waals surface area contributed by atoms with Crippen molar-refractivity contribution in [3.05, 3.63) is 65.0 Å². The lowest BCUT2D eigenvalue weighted by atomic mass is 10.0. The van der Waals surface area contributed by atoms with Gasteiger partial charge in [-0.25, -0.2) is 4.98 Å². The van der Waals surface area contributed by atoms with Crippen LogP contribution in [0.3, 0.4) is 0 Å². The third kappa shape index (κ3) is 2.01. The second kappa shape index (κ2) is 4.78. The van der Waals surface area contributed by atoms with E-state index in [1.54, 1.807) is 0 Å². The number of hydrogen-bond acceptors (Lipinski definition) is 1. The number of hydrogen-bond donors (Lipinski definition) is 0. The van der Waals surface area contributed by atoms with E-state index in [1.807, 2.05) is 0 Å². The topological polar surface area (TPSA) is 17.8 Å². The number of aryl methyl sites for hydroxylation is 3. The Morgan fingerprint density at radius 3 is 2.45 bits per heavy atom.